The number of hydrogen-bond donors (Lipinski definition) is 3. The third-order valence-electron chi connectivity index (χ3n) is 4.34. The Morgan fingerprint density at radius 2 is 1.84 bits per heavy atom. The van der Waals surface area contributed by atoms with Gasteiger partial charge in [-0.25, -0.2) is 4.79 Å². The van der Waals surface area contributed by atoms with Crippen molar-refractivity contribution in [3.63, 3.8) is 0 Å². The summed E-state index contributed by atoms with van der Waals surface area (Å²) in [4.78, 5) is 23.6. The van der Waals surface area contributed by atoms with Gasteiger partial charge in [-0.05, 0) is 32.2 Å². The highest BCUT2D eigenvalue weighted by Gasteiger charge is 2.40. The number of carboxylic acids is 1. The molecule has 2 aliphatic rings. The average Bonchev–Trinajstić information content (AvgIpc) is 2.73. The molecule has 2 rings (SSSR count). The van der Waals surface area contributed by atoms with Crippen LogP contribution in [0.25, 0.3) is 0 Å². The van der Waals surface area contributed by atoms with Gasteiger partial charge >= 0.3 is 5.97 Å². The van der Waals surface area contributed by atoms with Crippen LogP contribution in [-0.4, -0.2) is 35.1 Å². The molecular formula is C14H24N2O3. The van der Waals surface area contributed by atoms with Gasteiger partial charge in [0, 0.05) is 12.5 Å². The van der Waals surface area contributed by atoms with E-state index in [4.69, 9.17) is 0 Å². The SMILES string of the molecule is O=C(CC1CCCN1)NC1(C(=O)O)CCCCCC1. The molecule has 1 aliphatic carbocycles. The van der Waals surface area contributed by atoms with E-state index >= 15 is 0 Å². The first kappa shape index (κ1) is 14.3. The number of hydrogen-bond acceptors (Lipinski definition) is 3. The smallest absolute Gasteiger partial charge is 0.329 e. The van der Waals surface area contributed by atoms with Gasteiger partial charge in [0.05, 0.1) is 0 Å². The Morgan fingerprint density at radius 3 is 2.37 bits per heavy atom. The van der Waals surface area contributed by atoms with Crippen LogP contribution in [0.4, 0.5) is 0 Å². The number of nitrogens with one attached hydrogen (secondary N) is 2. The molecule has 2 fully saturated rings. The van der Waals surface area contributed by atoms with Crippen molar-refractivity contribution >= 4 is 11.9 Å². The van der Waals surface area contributed by atoms with Gasteiger partial charge in [0.25, 0.3) is 0 Å². The summed E-state index contributed by atoms with van der Waals surface area (Å²) in [6.45, 7) is 0.960. The number of carboxylic acid groups (broad SMARTS) is 1. The molecule has 0 aromatic heterocycles. The second-order valence-corrected chi connectivity index (χ2v) is 5.85. The summed E-state index contributed by atoms with van der Waals surface area (Å²) in [7, 11) is 0. The van der Waals surface area contributed by atoms with Crippen LogP contribution < -0.4 is 10.6 Å². The number of amides is 1. The molecule has 0 bridgehead atoms. The van der Waals surface area contributed by atoms with E-state index in [1.807, 2.05) is 0 Å². The summed E-state index contributed by atoms with van der Waals surface area (Å²) in [6, 6.07) is 0.219. The first-order valence-electron chi connectivity index (χ1n) is 7.40. The predicted molar refractivity (Wildman–Crippen MR) is 71.9 cm³/mol. The molecule has 19 heavy (non-hydrogen) atoms. The molecule has 108 valence electrons. The first-order chi connectivity index (χ1) is 9.12. The van der Waals surface area contributed by atoms with Gasteiger partial charge < -0.3 is 15.7 Å². The fraction of sp³-hybridized carbons (Fsp3) is 0.857. The van der Waals surface area contributed by atoms with Gasteiger partial charge in [-0.15, -0.1) is 0 Å². The van der Waals surface area contributed by atoms with E-state index in [9.17, 15) is 14.7 Å². The lowest BCUT2D eigenvalue weighted by molar-refractivity contribution is -0.148. The minimum atomic E-state index is -1.02. The lowest BCUT2D eigenvalue weighted by Crippen LogP contribution is -2.55. The summed E-state index contributed by atoms with van der Waals surface area (Å²) in [5.74, 6) is -0.995. The van der Waals surface area contributed by atoms with E-state index < -0.39 is 11.5 Å². The zero-order valence-corrected chi connectivity index (χ0v) is 11.4. The minimum absolute atomic E-state index is 0.122. The van der Waals surface area contributed by atoms with E-state index in [-0.39, 0.29) is 11.9 Å². The molecular weight excluding hydrogens is 244 g/mol. The Balaban J connectivity index is 1.94. The zero-order valence-electron chi connectivity index (χ0n) is 11.4. The molecule has 1 heterocycles. The Morgan fingerprint density at radius 1 is 1.16 bits per heavy atom. The zero-order chi connectivity index (χ0) is 13.7. The standard InChI is InChI=1S/C14H24N2O3/c17-12(10-11-6-5-9-15-11)16-14(13(18)19)7-3-1-2-4-8-14/h11,15H,1-10H2,(H,16,17)(H,18,19). The molecule has 1 saturated heterocycles. The van der Waals surface area contributed by atoms with Crippen molar-refractivity contribution in [3.05, 3.63) is 0 Å². The number of carbonyl (C=O) groups is 2. The second-order valence-electron chi connectivity index (χ2n) is 5.85. The maximum Gasteiger partial charge on any atom is 0.329 e. The quantitative estimate of drug-likeness (QED) is 0.674. The van der Waals surface area contributed by atoms with E-state index in [1.165, 1.54) is 0 Å². The van der Waals surface area contributed by atoms with Crippen LogP contribution in [0.2, 0.25) is 0 Å². The summed E-state index contributed by atoms with van der Waals surface area (Å²) in [6.07, 6.45) is 7.52. The maximum absolute atomic E-state index is 12.1. The van der Waals surface area contributed by atoms with Crippen molar-refractivity contribution in [3.8, 4) is 0 Å². The summed E-state index contributed by atoms with van der Waals surface area (Å²) in [5.41, 5.74) is -1.02. The Labute approximate surface area is 114 Å². The van der Waals surface area contributed by atoms with Crippen molar-refractivity contribution in [2.75, 3.05) is 6.54 Å². The molecule has 0 aromatic carbocycles. The number of carbonyl (C=O) groups excluding carboxylic acids is 1. The van der Waals surface area contributed by atoms with Crippen molar-refractivity contribution in [1.82, 2.24) is 10.6 Å². The van der Waals surface area contributed by atoms with Gasteiger partial charge in [-0.1, -0.05) is 25.7 Å². The van der Waals surface area contributed by atoms with Crippen LogP contribution in [-0.2, 0) is 9.59 Å². The predicted octanol–water partition coefficient (Wildman–Crippen LogP) is 1.42. The van der Waals surface area contributed by atoms with Crippen LogP contribution in [0.3, 0.4) is 0 Å². The van der Waals surface area contributed by atoms with Gasteiger partial charge in [-0.3, -0.25) is 4.79 Å². The molecule has 1 unspecified atom stereocenters. The molecule has 1 saturated carbocycles. The molecule has 1 aliphatic heterocycles. The highest BCUT2D eigenvalue weighted by Crippen LogP contribution is 2.27. The molecule has 1 atom stereocenters. The van der Waals surface area contributed by atoms with E-state index in [0.29, 0.717) is 19.3 Å². The van der Waals surface area contributed by atoms with Crippen molar-refractivity contribution in [2.24, 2.45) is 0 Å². The molecule has 5 heteroatoms. The van der Waals surface area contributed by atoms with Crippen LogP contribution >= 0.6 is 0 Å². The fourth-order valence-corrected chi connectivity index (χ4v) is 3.20. The highest BCUT2D eigenvalue weighted by molar-refractivity contribution is 5.87. The topological polar surface area (TPSA) is 78.4 Å². The molecule has 5 nitrogen and oxygen atoms in total. The molecule has 0 aromatic rings. The van der Waals surface area contributed by atoms with Crippen molar-refractivity contribution in [2.45, 2.75) is 69.4 Å². The maximum atomic E-state index is 12.1. The van der Waals surface area contributed by atoms with E-state index in [1.54, 1.807) is 0 Å². The molecule has 3 N–H and O–H groups in total. The van der Waals surface area contributed by atoms with Crippen LogP contribution in [0, 0.1) is 0 Å². The fourth-order valence-electron chi connectivity index (χ4n) is 3.20. The molecule has 0 spiro atoms. The summed E-state index contributed by atoms with van der Waals surface area (Å²) < 4.78 is 0. The summed E-state index contributed by atoms with van der Waals surface area (Å²) in [5, 5.41) is 15.6. The number of rotatable bonds is 4. The van der Waals surface area contributed by atoms with Crippen LogP contribution in [0.15, 0.2) is 0 Å². The third-order valence-corrected chi connectivity index (χ3v) is 4.34. The van der Waals surface area contributed by atoms with Gasteiger partial charge in [0.1, 0.15) is 5.54 Å². The van der Waals surface area contributed by atoms with E-state index in [0.717, 1.165) is 45.1 Å². The van der Waals surface area contributed by atoms with Crippen molar-refractivity contribution in [1.29, 1.82) is 0 Å². The monoisotopic (exact) mass is 268 g/mol. The van der Waals surface area contributed by atoms with Crippen LogP contribution in [0.5, 0.6) is 0 Å². The number of aliphatic carboxylic acids is 1. The first-order valence-corrected chi connectivity index (χ1v) is 7.40. The Bertz CT molecular complexity index is 330. The lowest BCUT2D eigenvalue weighted by Gasteiger charge is -2.29. The highest BCUT2D eigenvalue weighted by atomic mass is 16.4. The van der Waals surface area contributed by atoms with Gasteiger partial charge in [0.15, 0.2) is 0 Å². The Kier molecular flexibility index (Phi) is 4.80. The van der Waals surface area contributed by atoms with Gasteiger partial charge in [-0.2, -0.15) is 0 Å². The third kappa shape index (κ3) is 3.69. The largest absolute Gasteiger partial charge is 0.480 e. The normalized spacial score (nSPS) is 26.6. The summed E-state index contributed by atoms with van der Waals surface area (Å²) >= 11 is 0. The van der Waals surface area contributed by atoms with Crippen LogP contribution in [0.1, 0.15) is 57.8 Å². The van der Waals surface area contributed by atoms with Crippen molar-refractivity contribution < 1.29 is 14.7 Å². The minimum Gasteiger partial charge on any atom is -0.480 e. The average molecular weight is 268 g/mol. The van der Waals surface area contributed by atoms with Gasteiger partial charge in [0.2, 0.25) is 5.91 Å². The Hall–Kier alpha value is -1.10. The van der Waals surface area contributed by atoms with E-state index in [2.05, 4.69) is 10.6 Å². The molecule has 1 amide bonds. The lowest BCUT2D eigenvalue weighted by atomic mass is 9.90. The molecule has 0 radical (unpaired) electrons. The second kappa shape index (κ2) is 6.37.